The molecule has 2 rings (SSSR count). The van der Waals surface area contributed by atoms with Crippen molar-refractivity contribution in [3.63, 3.8) is 0 Å². The molecule has 1 amide bonds. The third-order valence-corrected chi connectivity index (χ3v) is 3.90. The van der Waals surface area contributed by atoms with Crippen molar-refractivity contribution in [3.05, 3.63) is 52.2 Å². The molecule has 1 heterocycles. The van der Waals surface area contributed by atoms with E-state index in [1.54, 1.807) is 11.3 Å². The van der Waals surface area contributed by atoms with Crippen LogP contribution in [0.5, 0.6) is 0 Å². The lowest BCUT2D eigenvalue weighted by Gasteiger charge is -2.07. The van der Waals surface area contributed by atoms with Crippen LogP contribution in [0.25, 0.3) is 0 Å². The molecule has 0 saturated carbocycles. The number of rotatable bonds is 7. The van der Waals surface area contributed by atoms with Gasteiger partial charge in [0.15, 0.2) is 0 Å². The van der Waals surface area contributed by atoms with Gasteiger partial charge in [-0.2, -0.15) is 0 Å². The summed E-state index contributed by atoms with van der Waals surface area (Å²) < 4.78 is 0. The zero-order chi connectivity index (χ0) is 14.2. The molecular weight excluding hydrogens is 268 g/mol. The molecule has 0 radical (unpaired) electrons. The van der Waals surface area contributed by atoms with Crippen LogP contribution in [-0.2, 0) is 17.8 Å². The van der Waals surface area contributed by atoms with Crippen LogP contribution in [0.3, 0.4) is 0 Å². The van der Waals surface area contributed by atoms with Crippen LogP contribution in [0.15, 0.2) is 41.8 Å². The largest absolute Gasteiger partial charge is 0.326 e. The van der Waals surface area contributed by atoms with Crippen molar-refractivity contribution in [3.8, 4) is 0 Å². The van der Waals surface area contributed by atoms with Gasteiger partial charge in [0.1, 0.15) is 0 Å². The van der Waals surface area contributed by atoms with Crippen LogP contribution in [-0.4, -0.2) is 12.5 Å². The van der Waals surface area contributed by atoms with Gasteiger partial charge in [0.25, 0.3) is 0 Å². The molecule has 2 aromatic rings. The molecule has 3 nitrogen and oxygen atoms in total. The Labute approximate surface area is 124 Å². The number of carbonyl (C=O) groups is 1. The highest BCUT2D eigenvalue weighted by Gasteiger charge is 2.04. The first-order chi connectivity index (χ1) is 9.78. The van der Waals surface area contributed by atoms with Crippen LogP contribution < -0.4 is 10.6 Å². The SMILES string of the molecule is CCNCc1cccc(NC(=O)CCc2cccs2)c1. The zero-order valence-corrected chi connectivity index (χ0v) is 12.5. The van der Waals surface area contributed by atoms with Crippen LogP contribution in [0.1, 0.15) is 23.8 Å². The molecule has 1 aromatic heterocycles. The summed E-state index contributed by atoms with van der Waals surface area (Å²) in [5, 5.41) is 8.28. The number of amides is 1. The van der Waals surface area contributed by atoms with E-state index in [0.29, 0.717) is 6.42 Å². The molecule has 0 aliphatic carbocycles. The summed E-state index contributed by atoms with van der Waals surface area (Å²) >= 11 is 1.69. The Hall–Kier alpha value is -1.65. The number of benzene rings is 1. The van der Waals surface area contributed by atoms with E-state index in [0.717, 1.165) is 25.2 Å². The number of aryl methyl sites for hydroxylation is 1. The Balaban J connectivity index is 1.84. The van der Waals surface area contributed by atoms with Gasteiger partial charge in [-0.15, -0.1) is 11.3 Å². The van der Waals surface area contributed by atoms with Gasteiger partial charge in [0.05, 0.1) is 0 Å². The van der Waals surface area contributed by atoms with Crippen molar-refractivity contribution in [2.75, 3.05) is 11.9 Å². The minimum Gasteiger partial charge on any atom is -0.326 e. The van der Waals surface area contributed by atoms with Crippen LogP contribution in [0.2, 0.25) is 0 Å². The third-order valence-electron chi connectivity index (χ3n) is 2.97. The van der Waals surface area contributed by atoms with Gasteiger partial charge in [-0.1, -0.05) is 25.1 Å². The lowest BCUT2D eigenvalue weighted by Crippen LogP contribution is -2.14. The van der Waals surface area contributed by atoms with Crippen molar-refractivity contribution in [2.45, 2.75) is 26.3 Å². The van der Waals surface area contributed by atoms with E-state index in [-0.39, 0.29) is 5.91 Å². The maximum Gasteiger partial charge on any atom is 0.224 e. The van der Waals surface area contributed by atoms with E-state index in [9.17, 15) is 4.79 Å². The topological polar surface area (TPSA) is 41.1 Å². The van der Waals surface area contributed by atoms with Gasteiger partial charge in [-0.3, -0.25) is 4.79 Å². The second-order valence-corrected chi connectivity index (χ2v) is 5.64. The Bertz CT molecular complexity index is 537. The molecule has 106 valence electrons. The van der Waals surface area contributed by atoms with E-state index >= 15 is 0 Å². The standard InChI is InChI=1S/C16H20N2OS/c1-2-17-12-13-5-3-6-14(11-13)18-16(19)9-8-15-7-4-10-20-15/h3-7,10-11,17H,2,8-9,12H2,1H3,(H,18,19). The maximum atomic E-state index is 11.9. The van der Waals surface area contributed by atoms with Gasteiger partial charge in [-0.05, 0) is 42.1 Å². The molecule has 0 spiro atoms. The second kappa shape index (κ2) is 7.82. The summed E-state index contributed by atoms with van der Waals surface area (Å²) in [7, 11) is 0. The van der Waals surface area contributed by atoms with Crippen molar-refractivity contribution < 1.29 is 4.79 Å². The molecule has 0 unspecified atom stereocenters. The molecule has 4 heteroatoms. The Morgan fingerprint density at radius 2 is 2.15 bits per heavy atom. The van der Waals surface area contributed by atoms with Crippen LogP contribution in [0.4, 0.5) is 5.69 Å². The number of carbonyl (C=O) groups excluding carboxylic acids is 1. The number of nitrogens with one attached hydrogen (secondary N) is 2. The molecule has 2 N–H and O–H groups in total. The maximum absolute atomic E-state index is 11.9. The fourth-order valence-electron chi connectivity index (χ4n) is 1.94. The Kier molecular flexibility index (Phi) is 5.77. The quantitative estimate of drug-likeness (QED) is 0.819. The summed E-state index contributed by atoms with van der Waals surface area (Å²) in [4.78, 5) is 13.2. The van der Waals surface area contributed by atoms with Crippen molar-refractivity contribution in [2.24, 2.45) is 0 Å². The normalized spacial score (nSPS) is 10.4. The first kappa shape index (κ1) is 14.8. The number of anilines is 1. The van der Waals surface area contributed by atoms with Crippen LogP contribution in [0, 0.1) is 0 Å². The van der Waals surface area contributed by atoms with Gasteiger partial charge >= 0.3 is 0 Å². The second-order valence-electron chi connectivity index (χ2n) is 4.61. The van der Waals surface area contributed by atoms with E-state index in [4.69, 9.17) is 0 Å². The minimum absolute atomic E-state index is 0.0685. The van der Waals surface area contributed by atoms with Gasteiger partial charge < -0.3 is 10.6 Å². The molecule has 0 aliphatic heterocycles. The number of hydrogen-bond donors (Lipinski definition) is 2. The van der Waals surface area contributed by atoms with E-state index in [2.05, 4.69) is 29.7 Å². The molecule has 0 atom stereocenters. The average Bonchev–Trinajstić information content (AvgIpc) is 2.97. The van der Waals surface area contributed by atoms with Crippen molar-refractivity contribution in [1.29, 1.82) is 0 Å². The molecule has 0 fully saturated rings. The fraction of sp³-hybridized carbons (Fsp3) is 0.312. The molecule has 0 saturated heterocycles. The lowest BCUT2D eigenvalue weighted by atomic mass is 10.2. The van der Waals surface area contributed by atoms with Gasteiger partial charge in [-0.25, -0.2) is 0 Å². The average molecular weight is 288 g/mol. The monoisotopic (exact) mass is 288 g/mol. The highest BCUT2D eigenvalue weighted by Crippen LogP contribution is 2.13. The Morgan fingerprint density at radius 3 is 2.90 bits per heavy atom. The smallest absolute Gasteiger partial charge is 0.224 e. The molecule has 20 heavy (non-hydrogen) atoms. The first-order valence-corrected chi connectivity index (χ1v) is 7.78. The Morgan fingerprint density at radius 1 is 1.25 bits per heavy atom. The highest BCUT2D eigenvalue weighted by atomic mass is 32.1. The predicted octanol–water partition coefficient (Wildman–Crippen LogP) is 3.43. The van der Waals surface area contributed by atoms with Crippen molar-refractivity contribution in [1.82, 2.24) is 5.32 Å². The van der Waals surface area contributed by atoms with Gasteiger partial charge in [0.2, 0.25) is 5.91 Å². The van der Waals surface area contributed by atoms with Crippen LogP contribution >= 0.6 is 11.3 Å². The van der Waals surface area contributed by atoms with Gasteiger partial charge in [0, 0.05) is 23.5 Å². The minimum atomic E-state index is 0.0685. The summed E-state index contributed by atoms with van der Waals surface area (Å²) in [6, 6.07) is 12.1. The molecular formula is C16H20N2OS. The zero-order valence-electron chi connectivity index (χ0n) is 11.7. The fourth-order valence-corrected chi connectivity index (χ4v) is 2.65. The summed E-state index contributed by atoms with van der Waals surface area (Å²) in [6.45, 7) is 3.85. The van der Waals surface area contributed by atoms with Crippen molar-refractivity contribution >= 4 is 22.9 Å². The first-order valence-electron chi connectivity index (χ1n) is 6.90. The molecule has 0 aliphatic rings. The summed E-state index contributed by atoms with van der Waals surface area (Å²) in [6.07, 6.45) is 1.33. The highest BCUT2D eigenvalue weighted by molar-refractivity contribution is 7.09. The molecule has 0 bridgehead atoms. The summed E-state index contributed by atoms with van der Waals surface area (Å²) in [5.74, 6) is 0.0685. The van der Waals surface area contributed by atoms with E-state index < -0.39 is 0 Å². The molecule has 1 aromatic carbocycles. The lowest BCUT2D eigenvalue weighted by molar-refractivity contribution is -0.116. The number of thiophene rings is 1. The predicted molar refractivity (Wildman–Crippen MR) is 85.1 cm³/mol. The summed E-state index contributed by atoms with van der Waals surface area (Å²) in [5.41, 5.74) is 2.06. The van der Waals surface area contributed by atoms with E-state index in [1.165, 1.54) is 10.4 Å². The van der Waals surface area contributed by atoms with E-state index in [1.807, 2.05) is 29.6 Å². The third kappa shape index (κ3) is 4.79. The number of hydrogen-bond acceptors (Lipinski definition) is 3.